The molecule has 0 radical (unpaired) electrons. The largest absolute Gasteiger partial charge is 0.416 e. The van der Waals surface area contributed by atoms with Gasteiger partial charge in [-0.1, -0.05) is 30.3 Å². The highest BCUT2D eigenvalue weighted by Crippen LogP contribution is 2.35. The summed E-state index contributed by atoms with van der Waals surface area (Å²) in [5, 5.41) is 2.57. The van der Waals surface area contributed by atoms with Gasteiger partial charge in [0.15, 0.2) is 0 Å². The SMILES string of the molecule is Cc1cc(-c2cc(NC(=O)Cc3ccccc3)cc(C(F)(F)F)c2)ccn1. The molecule has 27 heavy (non-hydrogen) atoms. The van der Waals surface area contributed by atoms with E-state index in [2.05, 4.69) is 10.3 Å². The quantitative estimate of drug-likeness (QED) is 0.681. The van der Waals surface area contributed by atoms with Gasteiger partial charge in [-0.05, 0) is 53.9 Å². The number of alkyl halides is 3. The topological polar surface area (TPSA) is 42.0 Å². The maximum atomic E-state index is 13.3. The number of nitrogens with zero attached hydrogens (tertiary/aromatic N) is 1. The predicted molar refractivity (Wildman–Crippen MR) is 98.2 cm³/mol. The number of rotatable bonds is 4. The second-order valence-corrected chi connectivity index (χ2v) is 6.19. The van der Waals surface area contributed by atoms with Crippen molar-refractivity contribution >= 4 is 11.6 Å². The molecule has 0 saturated carbocycles. The summed E-state index contributed by atoms with van der Waals surface area (Å²) in [6, 6.07) is 15.9. The average molecular weight is 370 g/mol. The van der Waals surface area contributed by atoms with Crippen LogP contribution in [-0.4, -0.2) is 10.9 Å². The van der Waals surface area contributed by atoms with Gasteiger partial charge in [0.2, 0.25) is 5.91 Å². The van der Waals surface area contributed by atoms with Gasteiger partial charge in [0.25, 0.3) is 0 Å². The molecule has 0 aliphatic carbocycles. The molecule has 0 saturated heterocycles. The molecule has 6 heteroatoms. The molecule has 0 atom stereocenters. The number of nitrogens with one attached hydrogen (secondary N) is 1. The lowest BCUT2D eigenvalue weighted by molar-refractivity contribution is -0.137. The monoisotopic (exact) mass is 370 g/mol. The molecule has 1 heterocycles. The van der Waals surface area contributed by atoms with E-state index in [4.69, 9.17) is 0 Å². The van der Waals surface area contributed by atoms with E-state index in [0.29, 0.717) is 16.8 Å². The first-order chi connectivity index (χ1) is 12.8. The van der Waals surface area contributed by atoms with Gasteiger partial charge in [-0.2, -0.15) is 13.2 Å². The molecule has 0 fully saturated rings. The summed E-state index contributed by atoms with van der Waals surface area (Å²) in [4.78, 5) is 16.3. The van der Waals surface area contributed by atoms with Crippen molar-refractivity contribution in [1.29, 1.82) is 0 Å². The number of carbonyl (C=O) groups excluding carboxylic acids is 1. The number of benzene rings is 2. The van der Waals surface area contributed by atoms with Gasteiger partial charge >= 0.3 is 6.18 Å². The van der Waals surface area contributed by atoms with E-state index in [1.807, 2.05) is 6.07 Å². The lowest BCUT2D eigenvalue weighted by Gasteiger charge is -2.14. The Bertz CT molecular complexity index is 953. The van der Waals surface area contributed by atoms with E-state index in [1.54, 1.807) is 49.5 Å². The zero-order valence-corrected chi connectivity index (χ0v) is 14.5. The zero-order valence-electron chi connectivity index (χ0n) is 14.5. The van der Waals surface area contributed by atoms with E-state index < -0.39 is 11.7 Å². The number of aromatic nitrogens is 1. The Morgan fingerprint density at radius 2 is 1.74 bits per heavy atom. The molecule has 0 spiro atoms. The van der Waals surface area contributed by atoms with Crippen molar-refractivity contribution < 1.29 is 18.0 Å². The van der Waals surface area contributed by atoms with Crippen LogP contribution in [0.5, 0.6) is 0 Å². The average Bonchev–Trinajstić information content (AvgIpc) is 2.61. The van der Waals surface area contributed by atoms with E-state index in [1.165, 1.54) is 6.07 Å². The van der Waals surface area contributed by atoms with E-state index in [-0.39, 0.29) is 18.0 Å². The summed E-state index contributed by atoms with van der Waals surface area (Å²) >= 11 is 0. The predicted octanol–water partition coefficient (Wildman–Crippen LogP) is 5.26. The number of aryl methyl sites for hydroxylation is 1. The highest BCUT2D eigenvalue weighted by Gasteiger charge is 2.31. The summed E-state index contributed by atoms with van der Waals surface area (Å²) in [6.45, 7) is 1.76. The Morgan fingerprint density at radius 1 is 1.00 bits per heavy atom. The van der Waals surface area contributed by atoms with Crippen molar-refractivity contribution in [2.24, 2.45) is 0 Å². The molecule has 3 aromatic rings. The first-order valence-corrected chi connectivity index (χ1v) is 8.30. The lowest BCUT2D eigenvalue weighted by atomic mass is 10.0. The number of carbonyl (C=O) groups is 1. The fourth-order valence-electron chi connectivity index (χ4n) is 2.74. The first kappa shape index (κ1) is 18.6. The highest BCUT2D eigenvalue weighted by molar-refractivity contribution is 5.93. The Kier molecular flexibility index (Phi) is 5.26. The van der Waals surface area contributed by atoms with Crippen molar-refractivity contribution in [2.45, 2.75) is 19.5 Å². The van der Waals surface area contributed by atoms with E-state index in [9.17, 15) is 18.0 Å². The summed E-state index contributed by atoms with van der Waals surface area (Å²) in [5.41, 5.74) is 1.74. The van der Waals surface area contributed by atoms with E-state index >= 15 is 0 Å². The smallest absolute Gasteiger partial charge is 0.326 e. The Hall–Kier alpha value is -3.15. The van der Waals surface area contributed by atoms with Gasteiger partial charge < -0.3 is 5.32 Å². The summed E-state index contributed by atoms with van der Waals surface area (Å²) in [6.07, 6.45) is -2.89. The number of hydrogen-bond donors (Lipinski definition) is 1. The first-order valence-electron chi connectivity index (χ1n) is 8.30. The normalized spacial score (nSPS) is 11.3. The number of pyridine rings is 1. The Balaban J connectivity index is 1.92. The van der Waals surface area contributed by atoms with Crippen molar-refractivity contribution in [3.05, 3.63) is 83.7 Å². The van der Waals surface area contributed by atoms with Crippen LogP contribution in [0.3, 0.4) is 0 Å². The molecule has 2 aromatic carbocycles. The number of halogens is 3. The third-order valence-electron chi connectivity index (χ3n) is 3.98. The van der Waals surface area contributed by atoms with Crippen LogP contribution in [0.15, 0.2) is 66.9 Å². The van der Waals surface area contributed by atoms with Crippen LogP contribution in [0.4, 0.5) is 18.9 Å². The molecule has 0 bridgehead atoms. The second-order valence-electron chi connectivity index (χ2n) is 6.19. The minimum absolute atomic E-state index is 0.0841. The third-order valence-corrected chi connectivity index (χ3v) is 3.98. The summed E-state index contributed by atoms with van der Waals surface area (Å²) in [5.74, 6) is -0.377. The van der Waals surface area contributed by atoms with Crippen molar-refractivity contribution in [3.63, 3.8) is 0 Å². The molecule has 0 aliphatic rings. The molecular weight excluding hydrogens is 353 g/mol. The van der Waals surface area contributed by atoms with Gasteiger partial charge in [0.05, 0.1) is 12.0 Å². The maximum Gasteiger partial charge on any atom is 0.416 e. The fourth-order valence-corrected chi connectivity index (χ4v) is 2.74. The van der Waals surface area contributed by atoms with Crippen LogP contribution < -0.4 is 5.32 Å². The Morgan fingerprint density at radius 3 is 2.41 bits per heavy atom. The van der Waals surface area contributed by atoms with Crippen molar-refractivity contribution in [2.75, 3.05) is 5.32 Å². The molecule has 1 N–H and O–H groups in total. The third kappa shape index (κ3) is 4.94. The highest BCUT2D eigenvalue weighted by atomic mass is 19.4. The molecule has 0 unspecified atom stereocenters. The van der Waals surface area contributed by atoms with Crippen molar-refractivity contribution in [3.8, 4) is 11.1 Å². The summed E-state index contributed by atoms with van der Waals surface area (Å²) in [7, 11) is 0. The molecule has 1 aromatic heterocycles. The minimum atomic E-state index is -4.52. The van der Waals surface area contributed by atoms with Crippen LogP contribution >= 0.6 is 0 Å². The van der Waals surface area contributed by atoms with E-state index in [0.717, 1.165) is 17.7 Å². The lowest BCUT2D eigenvalue weighted by Crippen LogP contribution is -2.15. The zero-order chi connectivity index (χ0) is 19.4. The van der Waals surface area contributed by atoms with Gasteiger partial charge in [-0.3, -0.25) is 9.78 Å². The van der Waals surface area contributed by atoms with Gasteiger partial charge in [0, 0.05) is 17.6 Å². The Labute approximate surface area is 154 Å². The number of amides is 1. The van der Waals surface area contributed by atoms with Gasteiger partial charge in [-0.25, -0.2) is 0 Å². The number of anilines is 1. The molecule has 3 nitrogen and oxygen atoms in total. The minimum Gasteiger partial charge on any atom is -0.326 e. The van der Waals surface area contributed by atoms with Gasteiger partial charge in [-0.15, -0.1) is 0 Å². The maximum absolute atomic E-state index is 13.3. The van der Waals surface area contributed by atoms with Crippen molar-refractivity contribution in [1.82, 2.24) is 4.98 Å². The molecule has 3 rings (SSSR count). The molecular formula is C21H17F3N2O. The second kappa shape index (κ2) is 7.61. The molecule has 1 amide bonds. The fraction of sp³-hybridized carbons (Fsp3) is 0.143. The standard InChI is InChI=1S/C21H17F3N2O/c1-14-9-16(7-8-25-14)17-11-18(21(22,23)24)13-19(12-17)26-20(27)10-15-5-3-2-4-6-15/h2-9,11-13H,10H2,1H3,(H,26,27). The van der Waals surface area contributed by atoms with Crippen LogP contribution in [0.25, 0.3) is 11.1 Å². The van der Waals surface area contributed by atoms with Crippen LogP contribution in [0, 0.1) is 6.92 Å². The van der Waals surface area contributed by atoms with Crippen LogP contribution in [0.2, 0.25) is 0 Å². The van der Waals surface area contributed by atoms with Crippen LogP contribution in [0.1, 0.15) is 16.8 Å². The molecule has 0 aliphatic heterocycles. The van der Waals surface area contributed by atoms with Gasteiger partial charge in [0.1, 0.15) is 0 Å². The number of hydrogen-bond acceptors (Lipinski definition) is 2. The van der Waals surface area contributed by atoms with Crippen LogP contribution in [-0.2, 0) is 17.4 Å². The molecule has 138 valence electrons. The summed E-state index contributed by atoms with van der Waals surface area (Å²) < 4.78 is 39.9.